The van der Waals surface area contributed by atoms with Crippen LogP contribution < -0.4 is 16.4 Å². The summed E-state index contributed by atoms with van der Waals surface area (Å²) in [5, 5.41) is 10.0. The normalized spacial score (nSPS) is 10.8. The number of carbonyl (C=O) groups excluding carboxylic acids is 1. The van der Waals surface area contributed by atoms with Gasteiger partial charge in [0.2, 0.25) is 0 Å². The van der Waals surface area contributed by atoms with Crippen molar-refractivity contribution < 1.29 is 18.0 Å². The van der Waals surface area contributed by atoms with Crippen molar-refractivity contribution in [1.29, 1.82) is 0 Å². The van der Waals surface area contributed by atoms with Crippen molar-refractivity contribution in [2.45, 2.75) is 6.54 Å². The highest BCUT2D eigenvalue weighted by atomic mass is 35.5. The van der Waals surface area contributed by atoms with Gasteiger partial charge in [0.1, 0.15) is 34.5 Å². The minimum Gasteiger partial charge on any atom is -0.382 e. The molecule has 0 fully saturated rings. The summed E-state index contributed by atoms with van der Waals surface area (Å²) in [5.41, 5.74) is 7.51. The second-order valence-corrected chi connectivity index (χ2v) is 7.49. The lowest BCUT2D eigenvalue weighted by atomic mass is 10.1. The first-order valence-electron chi connectivity index (χ1n) is 9.71. The van der Waals surface area contributed by atoms with Crippen LogP contribution in [0, 0.1) is 17.5 Å². The zero-order valence-electron chi connectivity index (χ0n) is 16.9. The number of aromatic nitrogens is 2. The van der Waals surface area contributed by atoms with Crippen molar-refractivity contribution in [2.75, 3.05) is 11.1 Å². The fraction of sp³-hybridized carbons (Fsp3) is 0.0435. The number of rotatable bonds is 5. The quantitative estimate of drug-likeness (QED) is 0.358. The van der Waals surface area contributed by atoms with E-state index in [1.54, 1.807) is 24.3 Å². The van der Waals surface area contributed by atoms with Gasteiger partial charge in [-0.3, -0.25) is 0 Å². The maximum Gasteiger partial charge on any atom is 0.319 e. The number of hydrogen-bond donors (Lipinski definition) is 3. The third kappa shape index (κ3) is 4.93. The van der Waals surface area contributed by atoms with E-state index in [0.717, 1.165) is 22.9 Å². The van der Waals surface area contributed by atoms with Crippen molar-refractivity contribution >= 4 is 29.1 Å². The summed E-state index contributed by atoms with van der Waals surface area (Å²) in [6, 6.07) is 14.4. The Labute approximate surface area is 191 Å². The molecule has 6 nitrogen and oxygen atoms in total. The van der Waals surface area contributed by atoms with Crippen molar-refractivity contribution in [3.8, 4) is 16.9 Å². The molecule has 4 N–H and O–H groups in total. The number of urea groups is 1. The Balaban J connectivity index is 1.68. The number of amides is 2. The Hall–Kier alpha value is -3.98. The highest BCUT2D eigenvalue weighted by molar-refractivity contribution is 6.30. The Morgan fingerprint density at radius 2 is 1.64 bits per heavy atom. The minimum absolute atomic E-state index is 0.0950. The molecule has 0 unspecified atom stereocenters. The number of nitrogens with two attached hydrogens (primary N) is 1. The van der Waals surface area contributed by atoms with Crippen LogP contribution in [0.25, 0.3) is 16.9 Å². The second-order valence-electron chi connectivity index (χ2n) is 7.06. The third-order valence-corrected chi connectivity index (χ3v) is 5.03. The Bertz CT molecular complexity index is 1310. The molecule has 0 aliphatic carbocycles. The summed E-state index contributed by atoms with van der Waals surface area (Å²) in [5.74, 6) is -1.93. The highest BCUT2D eigenvalue weighted by Gasteiger charge is 2.22. The van der Waals surface area contributed by atoms with Crippen LogP contribution >= 0.6 is 11.6 Å². The van der Waals surface area contributed by atoms with Crippen LogP contribution in [0.2, 0.25) is 5.02 Å². The number of anilines is 2. The predicted octanol–water partition coefficient (Wildman–Crippen LogP) is 5.51. The lowest BCUT2D eigenvalue weighted by Crippen LogP contribution is -2.28. The summed E-state index contributed by atoms with van der Waals surface area (Å²) in [6.45, 7) is 0.120. The monoisotopic (exact) mass is 471 g/mol. The number of nitrogens with one attached hydrogen (secondary N) is 2. The molecule has 33 heavy (non-hydrogen) atoms. The number of halogens is 4. The van der Waals surface area contributed by atoms with Gasteiger partial charge in [0.05, 0.1) is 0 Å². The van der Waals surface area contributed by atoms with E-state index in [0.29, 0.717) is 16.1 Å². The van der Waals surface area contributed by atoms with Crippen LogP contribution in [-0.2, 0) is 6.54 Å². The molecule has 1 aromatic heterocycles. The molecule has 0 saturated heterocycles. The van der Waals surface area contributed by atoms with Gasteiger partial charge in [-0.15, -0.1) is 0 Å². The SMILES string of the molecule is Nc1c(NC(=O)NCc2ccc(F)cc2)c(-c2ccc(Cl)cc2)nn1-c1cc(F)ccc1F. The molecule has 4 aromatic rings. The molecule has 0 aliphatic rings. The van der Waals surface area contributed by atoms with Gasteiger partial charge in [0.15, 0.2) is 5.82 Å². The highest BCUT2D eigenvalue weighted by Crippen LogP contribution is 2.35. The van der Waals surface area contributed by atoms with E-state index < -0.39 is 17.7 Å². The molecule has 10 heteroatoms. The van der Waals surface area contributed by atoms with Gasteiger partial charge in [-0.2, -0.15) is 5.10 Å². The van der Waals surface area contributed by atoms with Crippen LogP contribution in [0.15, 0.2) is 66.7 Å². The minimum atomic E-state index is -0.749. The maximum atomic E-state index is 14.4. The first-order chi connectivity index (χ1) is 15.8. The van der Waals surface area contributed by atoms with E-state index >= 15 is 0 Å². The molecular weight excluding hydrogens is 455 g/mol. The van der Waals surface area contributed by atoms with Gasteiger partial charge in [-0.25, -0.2) is 22.6 Å². The zero-order valence-corrected chi connectivity index (χ0v) is 17.7. The topological polar surface area (TPSA) is 85.0 Å². The zero-order chi connectivity index (χ0) is 23.5. The van der Waals surface area contributed by atoms with E-state index in [1.807, 2.05) is 0 Å². The van der Waals surface area contributed by atoms with E-state index in [2.05, 4.69) is 15.7 Å². The van der Waals surface area contributed by atoms with Crippen LogP contribution in [-0.4, -0.2) is 15.8 Å². The number of carbonyl (C=O) groups is 1. The first-order valence-corrected chi connectivity index (χ1v) is 10.1. The van der Waals surface area contributed by atoms with E-state index in [4.69, 9.17) is 17.3 Å². The van der Waals surface area contributed by atoms with Crippen molar-refractivity contribution in [1.82, 2.24) is 15.1 Å². The summed E-state index contributed by atoms with van der Waals surface area (Å²) < 4.78 is 42.2. The Morgan fingerprint density at radius 1 is 0.970 bits per heavy atom. The van der Waals surface area contributed by atoms with Gasteiger partial charge in [0.25, 0.3) is 0 Å². The van der Waals surface area contributed by atoms with Crippen molar-refractivity contribution in [3.05, 3.63) is 94.8 Å². The van der Waals surface area contributed by atoms with E-state index in [-0.39, 0.29) is 35.2 Å². The molecule has 1 heterocycles. The van der Waals surface area contributed by atoms with Gasteiger partial charge < -0.3 is 16.4 Å². The van der Waals surface area contributed by atoms with E-state index in [1.165, 1.54) is 24.3 Å². The fourth-order valence-electron chi connectivity index (χ4n) is 3.14. The lowest BCUT2D eigenvalue weighted by molar-refractivity contribution is 0.252. The predicted molar refractivity (Wildman–Crippen MR) is 121 cm³/mol. The fourth-order valence-corrected chi connectivity index (χ4v) is 3.26. The molecule has 168 valence electrons. The summed E-state index contributed by atoms with van der Waals surface area (Å²) in [6.07, 6.45) is 0. The molecule has 0 spiro atoms. The number of nitrogen functional groups attached to an aromatic ring is 1. The van der Waals surface area contributed by atoms with Gasteiger partial charge >= 0.3 is 6.03 Å². The molecular formula is C23H17ClF3N5O. The first kappa shape index (κ1) is 22.2. The molecule has 2 amide bonds. The van der Waals surface area contributed by atoms with Gasteiger partial charge in [-0.1, -0.05) is 35.9 Å². The second kappa shape index (κ2) is 9.25. The number of hydrogen-bond acceptors (Lipinski definition) is 3. The van der Waals surface area contributed by atoms with Crippen LogP contribution in [0.4, 0.5) is 29.5 Å². The molecule has 0 saturated carbocycles. The number of benzene rings is 3. The largest absolute Gasteiger partial charge is 0.382 e. The molecule has 0 radical (unpaired) electrons. The van der Waals surface area contributed by atoms with Crippen LogP contribution in [0.3, 0.4) is 0 Å². The molecule has 3 aromatic carbocycles. The summed E-state index contributed by atoms with van der Waals surface area (Å²) in [7, 11) is 0. The Morgan fingerprint density at radius 3 is 2.33 bits per heavy atom. The van der Waals surface area contributed by atoms with Crippen LogP contribution in [0.5, 0.6) is 0 Å². The van der Waals surface area contributed by atoms with Crippen molar-refractivity contribution in [3.63, 3.8) is 0 Å². The smallest absolute Gasteiger partial charge is 0.319 e. The Kier molecular flexibility index (Phi) is 6.23. The third-order valence-electron chi connectivity index (χ3n) is 4.78. The maximum absolute atomic E-state index is 14.4. The van der Waals surface area contributed by atoms with Crippen LogP contribution in [0.1, 0.15) is 5.56 Å². The standard InChI is InChI=1S/C23H17ClF3N5O/c24-15-5-3-14(4-6-15)20-21(30-23(33)29-12-13-1-7-16(25)8-2-13)22(28)32(31-20)19-11-17(26)9-10-18(19)27/h1-11H,12,28H2,(H2,29,30,33). The summed E-state index contributed by atoms with van der Waals surface area (Å²) >= 11 is 5.96. The molecule has 0 atom stereocenters. The molecule has 0 aliphatic heterocycles. The summed E-state index contributed by atoms with van der Waals surface area (Å²) in [4.78, 5) is 12.6. The van der Waals surface area contributed by atoms with Gasteiger partial charge in [-0.05, 0) is 42.0 Å². The van der Waals surface area contributed by atoms with Crippen molar-refractivity contribution in [2.24, 2.45) is 0 Å². The average molecular weight is 472 g/mol. The number of nitrogens with zero attached hydrogens (tertiary/aromatic N) is 2. The molecule has 4 rings (SSSR count). The average Bonchev–Trinajstić information content (AvgIpc) is 3.11. The van der Waals surface area contributed by atoms with Gasteiger partial charge in [0, 0.05) is 23.2 Å². The van der Waals surface area contributed by atoms with E-state index in [9.17, 15) is 18.0 Å². The molecule has 0 bridgehead atoms. The lowest BCUT2D eigenvalue weighted by Gasteiger charge is -2.10.